The maximum atomic E-state index is 11.3. The number of hydrogen-bond acceptors (Lipinski definition) is 6. The van der Waals surface area contributed by atoms with Gasteiger partial charge in [0.1, 0.15) is 0 Å². The van der Waals surface area contributed by atoms with Crippen molar-refractivity contribution in [2.24, 2.45) is 0 Å². The fraction of sp³-hybridized carbons (Fsp3) is 0.400. The van der Waals surface area contributed by atoms with Crippen LogP contribution in [0.4, 0.5) is 0 Å². The van der Waals surface area contributed by atoms with Crippen LogP contribution in [-0.4, -0.2) is 91.8 Å². The molecule has 0 aromatic rings. The van der Waals surface area contributed by atoms with Gasteiger partial charge in [-0.05, 0) is 0 Å². The molecule has 14 nitrogen and oxygen atoms in total. The summed E-state index contributed by atoms with van der Waals surface area (Å²) in [6, 6.07) is 0. The molecule has 0 fully saturated rings. The SMILES string of the molecule is C=COC(=O)C[N+](CC(=O)O)(CC(=O)O)CC(=O)O.N.O.O.O.O.[Cu].[H-].[H-].[Na+].[Na+]. The van der Waals surface area contributed by atoms with Gasteiger partial charge in [0.25, 0.3) is 0 Å². The molecule has 0 aromatic carbocycles. The molecule has 161 valence electrons. The molecule has 0 amide bonds. The molecule has 0 aliphatic rings. The Morgan fingerprint density at radius 2 is 1.07 bits per heavy atom. The van der Waals surface area contributed by atoms with E-state index in [1.807, 2.05) is 0 Å². The Labute approximate surface area is 212 Å². The van der Waals surface area contributed by atoms with Crippen molar-refractivity contribution >= 4 is 23.9 Å². The molecular weight excluding hydrogens is 450 g/mol. The summed E-state index contributed by atoms with van der Waals surface area (Å²) < 4.78 is 3.39. The minimum Gasteiger partial charge on any atom is -1.00 e. The van der Waals surface area contributed by atoms with E-state index in [-0.39, 0.29) is 107 Å². The van der Waals surface area contributed by atoms with Gasteiger partial charge in [-0.25, -0.2) is 19.2 Å². The Balaban J connectivity index is -0.0000000360. The van der Waals surface area contributed by atoms with Crippen molar-refractivity contribution in [2.45, 2.75) is 0 Å². The van der Waals surface area contributed by atoms with Crippen LogP contribution in [0.1, 0.15) is 2.85 Å². The predicted octanol–water partition coefficient (Wildman–Crippen LogP) is -10.2. The zero-order valence-electron chi connectivity index (χ0n) is 17.0. The van der Waals surface area contributed by atoms with Crippen molar-refractivity contribution in [3.63, 3.8) is 0 Å². The first-order valence-electron chi connectivity index (χ1n) is 5.01. The minimum atomic E-state index is -1.42. The van der Waals surface area contributed by atoms with Gasteiger partial charge in [-0.3, -0.25) is 4.48 Å². The molecule has 1 radical (unpaired) electrons. The number of carbonyl (C=O) groups excluding carboxylic acids is 1. The summed E-state index contributed by atoms with van der Waals surface area (Å²) >= 11 is 0. The number of esters is 1. The van der Waals surface area contributed by atoms with E-state index < -0.39 is 54.5 Å². The van der Waals surface area contributed by atoms with Crippen molar-refractivity contribution in [2.75, 3.05) is 26.2 Å². The number of carboxylic acids is 3. The van der Waals surface area contributed by atoms with E-state index in [0.717, 1.165) is 6.26 Å². The molecular formula is C10H27CuN2Na2O12+. The van der Waals surface area contributed by atoms with Gasteiger partial charge in [0.2, 0.25) is 0 Å². The topological polar surface area (TPSA) is 299 Å². The van der Waals surface area contributed by atoms with Crippen LogP contribution >= 0.6 is 0 Å². The summed E-state index contributed by atoms with van der Waals surface area (Å²) in [4.78, 5) is 43.5. The van der Waals surface area contributed by atoms with Crippen LogP contribution in [0.3, 0.4) is 0 Å². The number of carbonyl (C=O) groups is 4. The monoisotopic (exact) mass is 476 g/mol. The van der Waals surface area contributed by atoms with Crippen molar-refractivity contribution < 1.29 is 145 Å². The van der Waals surface area contributed by atoms with Crippen molar-refractivity contribution in [3.05, 3.63) is 12.8 Å². The number of carboxylic acid groups (broad SMARTS) is 3. The molecule has 27 heavy (non-hydrogen) atoms. The van der Waals surface area contributed by atoms with E-state index >= 15 is 0 Å². The first-order valence-corrected chi connectivity index (χ1v) is 5.01. The van der Waals surface area contributed by atoms with Gasteiger partial charge in [-0.1, -0.05) is 6.58 Å². The van der Waals surface area contributed by atoms with Crippen molar-refractivity contribution in [1.82, 2.24) is 6.15 Å². The van der Waals surface area contributed by atoms with Gasteiger partial charge in [0.15, 0.2) is 26.2 Å². The molecule has 0 saturated heterocycles. The molecule has 0 rings (SSSR count). The quantitative estimate of drug-likeness (QED) is 0.106. The van der Waals surface area contributed by atoms with E-state index in [2.05, 4.69) is 11.3 Å². The largest absolute Gasteiger partial charge is 1.00 e. The molecule has 0 aromatic heterocycles. The van der Waals surface area contributed by atoms with Crippen LogP contribution in [-0.2, 0) is 41.0 Å². The average Bonchev–Trinajstić information content (AvgIpc) is 2.12. The maximum Gasteiger partial charge on any atom is 1.00 e. The first kappa shape index (κ1) is 56.3. The van der Waals surface area contributed by atoms with E-state index in [1.54, 1.807) is 0 Å². The van der Waals surface area contributed by atoms with Gasteiger partial charge < -0.3 is 51.0 Å². The molecule has 0 spiro atoms. The van der Waals surface area contributed by atoms with Crippen molar-refractivity contribution in [3.8, 4) is 0 Å². The molecule has 14 N–H and O–H groups in total. The van der Waals surface area contributed by atoms with Gasteiger partial charge in [0.05, 0.1) is 6.26 Å². The predicted molar refractivity (Wildman–Crippen MR) is 80.6 cm³/mol. The van der Waals surface area contributed by atoms with Gasteiger partial charge >= 0.3 is 83.0 Å². The minimum absolute atomic E-state index is 0. The van der Waals surface area contributed by atoms with Crippen LogP contribution in [0, 0.1) is 0 Å². The van der Waals surface area contributed by atoms with Gasteiger partial charge in [-0.2, -0.15) is 0 Å². The third-order valence-corrected chi connectivity index (χ3v) is 2.09. The molecule has 0 atom stereocenters. The van der Waals surface area contributed by atoms with E-state index in [4.69, 9.17) is 15.3 Å². The summed E-state index contributed by atoms with van der Waals surface area (Å²) in [5.74, 6) is -5.23. The number of rotatable bonds is 9. The Bertz CT molecular complexity index is 397. The third kappa shape index (κ3) is 28.2. The standard InChI is InChI=1S/C10H13NO8.Cu.H3N.2Na.4H2O.2H/c1-2-19-10(18)6-11(3-7(12)13,4-8(14)15)5-9(16)17;;;;;;;;;;/h2H,1,3-6H2,(H2-,12,13,14,15,16,17);;1H3;;;4*1H2;;/q;;;2*+1;;;;;2*-1/p+1. The zero-order valence-corrected chi connectivity index (χ0v) is 19.9. The molecule has 0 heterocycles. The molecule has 0 aliphatic heterocycles. The Morgan fingerprint density at radius 1 is 0.815 bits per heavy atom. The van der Waals surface area contributed by atoms with Crippen molar-refractivity contribution in [1.29, 1.82) is 0 Å². The average molecular weight is 477 g/mol. The molecule has 0 aliphatic carbocycles. The first-order chi connectivity index (χ1) is 8.70. The summed E-state index contributed by atoms with van der Waals surface area (Å²) in [7, 11) is 0. The fourth-order valence-electron chi connectivity index (χ4n) is 1.60. The molecule has 0 saturated carbocycles. The Kier molecular flexibility index (Phi) is 58.6. The number of hydrogen-bond donors (Lipinski definition) is 4. The fourth-order valence-corrected chi connectivity index (χ4v) is 1.60. The molecule has 0 bridgehead atoms. The molecule has 0 unspecified atom stereocenters. The second-order valence-electron chi connectivity index (χ2n) is 3.81. The molecule has 17 heteroatoms. The number of quaternary nitrogens is 1. The summed E-state index contributed by atoms with van der Waals surface area (Å²) in [5.41, 5.74) is 0. The van der Waals surface area contributed by atoms with Gasteiger partial charge in [-0.15, -0.1) is 0 Å². The van der Waals surface area contributed by atoms with E-state index in [1.165, 1.54) is 0 Å². The Hall–Kier alpha value is -0.101. The van der Waals surface area contributed by atoms with Crippen LogP contribution in [0.5, 0.6) is 0 Å². The van der Waals surface area contributed by atoms with Gasteiger partial charge in [0, 0.05) is 17.1 Å². The number of aliphatic carboxylic acids is 3. The smallest absolute Gasteiger partial charge is 1.00 e. The summed E-state index contributed by atoms with van der Waals surface area (Å²) in [5, 5.41) is 26.2. The normalized spacial score (nSPS) is 7.41. The van der Waals surface area contributed by atoms with Crippen LogP contribution < -0.4 is 65.3 Å². The third-order valence-electron chi connectivity index (χ3n) is 2.09. The number of ether oxygens (including phenoxy) is 1. The number of nitrogens with zero attached hydrogens (tertiary/aromatic N) is 1. The summed E-state index contributed by atoms with van der Waals surface area (Å²) in [6.45, 7) is -0.0686. The van der Waals surface area contributed by atoms with E-state index in [0.29, 0.717) is 0 Å². The van der Waals surface area contributed by atoms with Crippen LogP contribution in [0.25, 0.3) is 0 Å². The van der Waals surface area contributed by atoms with Crippen LogP contribution in [0.2, 0.25) is 0 Å². The van der Waals surface area contributed by atoms with E-state index in [9.17, 15) is 19.2 Å². The van der Waals surface area contributed by atoms with Crippen LogP contribution in [0.15, 0.2) is 12.8 Å². The second-order valence-corrected chi connectivity index (χ2v) is 3.81. The Morgan fingerprint density at radius 3 is 1.26 bits per heavy atom. The second kappa shape index (κ2) is 28.1. The maximum absolute atomic E-state index is 11.3. The summed E-state index contributed by atoms with van der Waals surface area (Å²) in [6.07, 6.45) is 0.791. The zero-order chi connectivity index (χ0) is 15.1.